The molecule has 1 atom stereocenters. The smallest absolute Gasteiger partial charge is 0.306 e. The van der Waals surface area contributed by atoms with Gasteiger partial charge in [0.15, 0.2) is 0 Å². The van der Waals surface area contributed by atoms with Gasteiger partial charge in [-0.1, -0.05) is 219 Å². The van der Waals surface area contributed by atoms with E-state index >= 15 is 0 Å². The molecule has 0 aliphatic heterocycles. The number of aliphatic hydroxyl groups is 1. The molecular formula is C42H84O4. The first-order valence-corrected chi connectivity index (χ1v) is 21.1. The van der Waals surface area contributed by atoms with Crippen LogP contribution in [0, 0.1) is 0 Å². The third-order valence-corrected chi connectivity index (χ3v) is 9.68. The Hall–Kier alpha value is -0.610. The summed E-state index contributed by atoms with van der Waals surface area (Å²) in [5, 5.41) is 9.59. The van der Waals surface area contributed by atoms with Crippen LogP contribution in [0.2, 0.25) is 0 Å². The Morgan fingerprint density at radius 3 is 1.02 bits per heavy atom. The van der Waals surface area contributed by atoms with Crippen LogP contribution in [0.5, 0.6) is 0 Å². The van der Waals surface area contributed by atoms with Crippen LogP contribution >= 0.6 is 0 Å². The van der Waals surface area contributed by atoms with Gasteiger partial charge in [0.1, 0.15) is 6.10 Å². The van der Waals surface area contributed by atoms with Crippen LogP contribution in [0.15, 0.2) is 0 Å². The van der Waals surface area contributed by atoms with Crippen LogP contribution in [0.1, 0.15) is 239 Å². The van der Waals surface area contributed by atoms with Crippen LogP contribution in [0.3, 0.4) is 0 Å². The zero-order chi connectivity index (χ0) is 33.4. The second-order valence-corrected chi connectivity index (χ2v) is 14.4. The van der Waals surface area contributed by atoms with Crippen molar-refractivity contribution in [2.75, 3.05) is 19.8 Å². The van der Waals surface area contributed by atoms with Gasteiger partial charge in [0.25, 0.3) is 0 Å². The number of ether oxygens (including phenoxy) is 2. The van der Waals surface area contributed by atoms with Crippen LogP contribution in [0.25, 0.3) is 0 Å². The number of hydrogen-bond acceptors (Lipinski definition) is 4. The van der Waals surface area contributed by atoms with Gasteiger partial charge in [-0.3, -0.25) is 4.79 Å². The minimum atomic E-state index is -0.524. The maximum atomic E-state index is 12.2. The molecule has 0 heterocycles. The maximum absolute atomic E-state index is 12.2. The summed E-state index contributed by atoms with van der Waals surface area (Å²) in [6, 6.07) is 0. The lowest BCUT2D eigenvalue weighted by Crippen LogP contribution is -2.27. The Bertz CT molecular complexity index is 566. The van der Waals surface area contributed by atoms with Gasteiger partial charge in [0, 0.05) is 13.0 Å². The summed E-state index contributed by atoms with van der Waals surface area (Å²) < 4.78 is 11.2. The Labute approximate surface area is 289 Å². The van der Waals surface area contributed by atoms with Crippen molar-refractivity contribution in [3.05, 3.63) is 0 Å². The monoisotopic (exact) mass is 653 g/mol. The van der Waals surface area contributed by atoms with E-state index in [1.807, 2.05) is 0 Å². The van der Waals surface area contributed by atoms with E-state index in [1.165, 1.54) is 199 Å². The average molecular weight is 653 g/mol. The molecule has 0 spiro atoms. The van der Waals surface area contributed by atoms with Crippen molar-refractivity contribution in [2.24, 2.45) is 0 Å². The zero-order valence-corrected chi connectivity index (χ0v) is 31.6. The molecule has 0 aliphatic rings. The minimum Gasteiger partial charge on any atom is -0.457 e. The van der Waals surface area contributed by atoms with Crippen molar-refractivity contribution in [3.8, 4) is 0 Å². The van der Waals surface area contributed by atoms with Crippen LogP contribution in [-0.4, -0.2) is 37.0 Å². The summed E-state index contributed by atoms with van der Waals surface area (Å²) in [7, 11) is 0. The number of unbranched alkanes of at least 4 members (excludes halogenated alkanes) is 32. The van der Waals surface area contributed by atoms with E-state index < -0.39 is 6.10 Å². The van der Waals surface area contributed by atoms with Gasteiger partial charge in [0.05, 0.1) is 13.2 Å². The molecule has 4 heteroatoms. The van der Waals surface area contributed by atoms with E-state index in [1.54, 1.807) is 0 Å². The van der Waals surface area contributed by atoms with Crippen LogP contribution in [-0.2, 0) is 14.3 Å². The first kappa shape index (κ1) is 45.4. The topological polar surface area (TPSA) is 55.8 Å². The molecule has 0 aliphatic carbocycles. The fraction of sp³-hybridized carbons (Fsp3) is 0.976. The van der Waals surface area contributed by atoms with E-state index in [4.69, 9.17) is 9.47 Å². The second-order valence-electron chi connectivity index (χ2n) is 14.4. The predicted octanol–water partition coefficient (Wildman–Crippen LogP) is 13.6. The highest BCUT2D eigenvalue weighted by Gasteiger charge is 2.13. The molecule has 0 bridgehead atoms. The molecule has 4 nitrogen and oxygen atoms in total. The van der Waals surface area contributed by atoms with Gasteiger partial charge in [-0.25, -0.2) is 0 Å². The first-order chi connectivity index (χ1) is 22.7. The number of carbonyl (C=O) groups is 1. The van der Waals surface area contributed by atoms with Crippen molar-refractivity contribution in [3.63, 3.8) is 0 Å². The van der Waals surface area contributed by atoms with Crippen molar-refractivity contribution in [1.82, 2.24) is 0 Å². The third kappa shape index (κ3) is 37.8. The molecule has 0 saturated heterocycles. The normalized spacial score (nSPS) is 12.2. The van der Waals surface area contributed by atoms with Gasteiger partial charge in [0.2, 0.25) is 0 Å². The summed E-state index contributed by atoms with van der Waals surface area (Å²) in [6.07, 6.45) is 45.9. The summed E-state index contributed by atoms with van der Waals surface area (Å²) >= 11 is 0. The first-order valence-electron chi connectivity index (χ1n) is 21.1. The standard InChI is InChI=1S/C42H84O4/c1-3-5-7-9-11-13-15-17-19-21-23-25-27-29-31-33-35-37-42(44)46-41(39-43)40-45-38-36-34-32-30-28-26-24-22-20-18-16-14-12-10-8-6-4-2/h41,43H,3-40H2,1-2H3. The quantitative estimate of drug-likeness (QED) is 0.0528. The van der Waals surface area contributed by atoms with Crippen molar-refractivity contribution in [1.29, 1.82) is 0 Å². The van der Waals surface area contributed by atoms with E-state index in [0.717, 1.165) is 19.3 Å². The molecule has 0 aromatic carbocycles. The number of esters is 1. The number of carbonyl (C=O) groups excluding carboxylic acids is 1. The van der Waals surface area contributed by atoms with E-state index in [0.29, 0.717) is 19.6 Å². The zero-order valence-electron chi connectivity index (χ0n) is 31.6. The lowest BCUT2D eigenvalue weighted by atomic mass is 10.0. The SMILES string of the molecule is CCCCCCCCCCCCCCCCCCCOCC(CO)OC(=O)CCCCCCCCCCCCCCCCCCC. The van der Waals surface area contributed by atoms with E-state index in [9.17, 15) is 9.90 Å². The summed E-state index contributed by atoms with van der Waals surface area (Å²) in [6.45, 7) is 5.40. The molecule has 1 unspecified atom stereocenters. The summed E-state index contributed by atoms with van der Waals surface area (Å²) in [5.74, 6) is -0.193. The third-order valence-electron chi connectivity index (χ3n) is 9.68. The molecule has 0 amide bonds. The number of hydrogen-bond donors (Lipinski definition) is 1. The largest absolute Gasteiger partial charge is 0.457 e. The fourth-order valence-corrected chi connectivity index (χ4v) is 6.51. The maximum Gasteiger partial charge on any atom is 0.306 e. The van der Waals surface area contributed by atoms with E-state index in [2.05, 4.69) is 13.8 Å². The highest BCUT2D eigenvalue weighted by Crippen LogP contribution is 2.16. The van der Waals surface area contributed by atoms with Crippen molar-refractivity contribution in [2.45, 2.75) is 245 Å². The van der Waals surface area contributed by atoms with Gasteiger partial charge in [-0.15, -0.1) is 0 Å². The second kappa shape index (κ2) is 40.6. The highest BCUT2D eigenvalue weighted by atomic mass is 16.6. The molecule has 0 aromatic rings. The van der Waals surface area contributed by atoms with Crippen molar-refractivity contribution < 1.29 is 19.4 Å². The molecule has 0 aromatic heterocycles. The predicted molar refractivity (Wildman–Crippen MR) is 201 cm³/mol. The van der Waals surface area contributed by atoms with Gasteiger partial charge in [-0.2, -0.15) is 0 Å². The van der Waals surface area contributed by atoms with Gasteiger partial charge in [-0.05, 0) is 12.8 Å². The molecule has 46 heavy (non-hydrogen) atoms. The van der Waals surface area contributed by atoms with Crippen molar-refractivity contribution >= 4 is 5.97 Å². The lowest BCUT2D eigenvalue weighted by Gasteiger charge is -2.16. The summed E-state index contributed by atoms with van der Waals surface area (Å²) in [5.41, 5.74) is 0. The Morgan fingerprint density at radius 2 is 0.717 bits per heavy atom. The molecule has 0 rings (SSSR count). The Kier molecular flexibility index (Phi) is 40.0. The van der Waals surface area contributed by atoms with E-state index in [-0.39, 0.29) is 12.6 Å². The number of rotatable bonds is 40. The summed E-state index contributed by atoms with van der Waals surface area (Å²) in [4.78, 5) is 12.2. The molecule has 0 saturated carbocycles. The van der Waals surface area contributed by atoms with Crippen LogP contribution in [0.4, 0.5) is 0 Å². The van der Waals surface area contributed by atoms with Crippen LogP contribution < -0.4 is 0 Å². The Balaban J connectivity index is 3.35. The molecule has 276 valence electrons. The van der Waals surface area contributed by atoms with Gasteiger partial charge >= 0.3 is 5.97 Å². The highest BCUT2D eigenvalue weighted by molar-refractivity contribution is 5.69. The molecular weight excluding hydrogens is 568 g/mol. The molecule has 0 radical (unpaired) electrons. The lowest BCUT2D eigenvalue weighted by molar-refractivity contribution is -0.154. The molecule has 1 N–H and O–H groups in total. The molecule has 0 fully saturated rings. The number of aliphatic hydroxyl groups excluding tert-OH is 1. The minimum absolute atomic E-state index is 0.163. The Morgan fingerprint density at radius 1 is 0.435 bits per heavy atom. The fourth-order valence-electron chi connectivity index (χ4n) is 6.51. The average Bonchev–Trinajstić information content (AvgIpc) is 3.06. The van der Waals surface area contributed by atoms with Gasteiger partial charge < -0.3 is 14.6 Å².